The van der Waals surface area contributed by atoms with Gasteiger partial charge in [-0.3, -0.25) is 9.59 Å². The summed E-state index contributed by atoms with van der Waals surface area (Å²) in [4.78, 5) is 30.1. The molecule has 32 heavy (non-hydrogen) atoms. The molecule has 1 fully saturated rings. The second-order valence-corrected chi connectivity index (χ2v) is 8.28. The van der Waals surface area contributed by atoms with Gasteiger partial charge in [0.15, 0.2) is 0 Å². The fourth-order valence-electron chi connectivity index (χ4n) is 3.83. The van der Waals surface area contributed by atoms with E-state index in [1.165, 1.54) is 0 Å². The third kappa shape index (κ3) is 4.62. The molecule has 164 valence electrons. The second kappa shape index (κ2) is 9.87. The Labute approximate surface area is 195 Å². The predicted octanol–water partition coefficient (Wildman–Crippen LogP) is 4.67. The van der Waals surface area contributed by atoms with Gasteiger partial charge in [0.2, 0.25) is 0 Å². The fourth-order valence-corrected chi connectivity index (χ4v) is 4.29. The number of benzene rings is 3. The van der Waals surface area contributed by atoms with Crippen LogP contribution in [0.25, 0.3) is 0 Å². The number of carbonyl (C=O) groups excluding carboxylic acids is 2. The van der Waals surface area contributed by atoms with E-state index in [0.29, 0.717) is 47.5 Å². The third-order valence-electron chi connectivity index (χ3n) is 5.52. The van der Waals surface area contributed by atoms with Crippen molar-refractivity contribution in [3.05, 3.63) is 88.4 Å². The topological polar surface area (TPSA) is 61.9 Å². The van der Waals surface area contributed by atoms with Crippen molar-refractivity contribution in [3.8, 4) is 5.75 Å². The summed E-state index contributed by atoms with van der Waals surface area (Å²) in [6, 6.07) is 22.2. The summed E-state index contributed by atoms with van der Waals surface area (Å²) in [5.74, 6) is 0.471. The van der Waals surface area contributed by atoms with E-state index in [-0.39, 0.29) is 11.8 Å². The third-order valence-corrected chi connectivity index (χ3v) is 6.21. The number of nitrogens with one attached hydrogen (secondary N) is 1. The van der Waals surface area contributed by atoms with E-state index in [1.807, 2.05) is 53.4 Å². The Morgan fingerprint density at radius 3 is 2.19 bits per heavy atom. The molecule has 0 aliphatic carbocycles. The van der Waals surface area contributed by atoms with Crippen LogP contribution in [-0.4, -0.2) is 50.0 Å². The number of hydrogen-bond donors (Lipinski definition) is 1. The lowest BCUT2D eigenvalue weighted by molar-refractivity contribution is 0.0747. The molecule has 2 amide bonds. The van der Waals surface area contributed by atoms with Crippen LogP contribution in [0.3, 0.4) is 0 Å². The zero-order valence-electron chi connectivity index (χ0n) is 17.8. The normalized spacial score (nSPS) is 13.6. The first-order valence-corrected chi connectivity index (χ1v) is 11.2. The summed E-state index contributed by atoms with van der Waals surface area (Å²) in [5.41, 5.74) is 2.53. The van der Waals surface area contributed by atoms with Gasteiger partial charge in [0, 0.05) is 30.7 Å². The van der Waals surface area contributed by atoms with Crippen LogP contribution in [0.4, 0.5) is 11.4 Å². The number of methoxy groups -OCH3 is 1. The Morgan fingerprint density at radius 1 is 0.844 bits per heavy atom. The molecular weight excluding hydrogens is 470 g/mol. The van der Waals surface area contributed by atoms with Gasteiger partial charge in [0.1, 0.15) is 5.75 Å². The van der Waals surface area contributed by atoms with Crippen molar-refractivity contribution >= 4 is 39.1 Å². The molecule has 0 spiro atoms. The van der Waals surface area contributed by atoms with Crippen molar-refractivity contribution < 1.29 is 14.3 Å². The lowest BCUT2D eigenvalue weighted by Gasteiger charge is -2.36. The highest BCUT2D eigenvalue weighted by Crippen LogP contribution is 2.29. The van der Waals surface area contributed by atoms with Gasteiger partial charge in [0.05, 0.1) is 29.6 Å². The number of rotatable bonds is 5. The van der Waals surface area contributed by atoms with Gasteiger partial charge < -0.3 is 19.9 Å². The molecule has 1 saturated heterocycles. The minimum atomic E-state index is -0.265. The molecule has 1 heterocycles. The highest BCUT2D eigenvalue weighted by molar-refractivity contribution is 9.10. The Hall–Kier alpha value is -3.32. The molecule has 0 aromatic heterocycles. The lowest BCUT2D eigenvalue weighted by Crippen LogP contribution is -2.49. The second-order valence-electron chi connectivity index (χ2n) is 7.43. The van der Waals surface area contributed by atoms with Crippen LogP contribution in [0, 0.1) is 0 Å². The maximum atomic E-state index is 13.3. The van der Waals surface area contributed by atoms with Gasteiger partial charge in [-0.15, -0.1) is 0 Å². The summed E-state index contributed by atoms with van der Waals surface area (Å²) in [5, 5.41) is 2.89. The average Bonchev–Trinajstić information content (AvgIpc) is 2.84. The maximum Gasteiger partial charge on any atom is 0.256 e. The Morgan fingerprint density at radius 2 is 1.47 bits per heavy atom. The van der Waals surface area contributed by atoms with Crippen LogP contribution in [0.2, 0.25) is 0 Å². The van der Waals surface area contributed by atoms with Gasteiger partial charge in [-0.25, -0.2) is 0 Å². The number of carbonyl (C=O) groups is 2. The quantitative estimate of drug-likeness (QED) is 0.560. The van der Waals surface area contributed by atoms with Crippen LogP contribution in [0.1, 0.15) is 20.7 Å². The Balaban J connectivity index is 1.47. The molecule has 1 aliphatic rings. The maximum absolute atomic E-state index is 13.3. The van der Waals surface area contributed by atoms with E-state index in [1.54, 1.807) is 31.4 Å². The van der Waals surface area contributed by atoms with Crippen molar-refractivity contribution in [2.45, 2.75) is 0 Å². The van der Waals surface area contributed by atoms with Crippen molar-refractivity contribution in [3.63, 3.8) is 0 Å². The van der Waals surface area contributed by atoms with Crippen LogP contribution in [-0.2, 0) is 0 Å². The summed E-state index contributed by atoms with van der Waals surface area (Å²) < 4.78 is 6.18. The molecular formula is C25H24BrN3O3. The number of para-hydroxylation sites is 3. The lowest BCUT2D eigenvalue weighted by atomic mass is 10.1. The van der Waals surface area contributed by atoms with E-state index in [2.05, 4.69) is 26.1 Å². The average molecular weight is 494 g/mol. The summed E-state index contributed by atoms with van der Waals surface area (Å²) >= 11 is 3.41. The van der Waals surface area contributed by atoms with E-state index in [4.69, 9.17) is 4.74 Å². The first-order valence-electron chi connectivity index (χ1n) is 10.4. The van der Waals surface area contributed by atoms with Crippen LogP contribution in [0.15, 0.2) is 77.3 Å². The van der Waals surface area contributed by atoms with E-state index in [0.717, 1.165) is 11.4 Å². The number of amides is 2. The van der Waals surface area contributed by atoms with Crippen LogP contribution >= 0.6 is 15.9 Å². The molecule has 0 bridgehead atoms. The summed E-state index contributed by atoms with van der Waals surface area (Å²) in [6.07, 6.45) is 0. The van der Waals surface area contributed by atoms with E-state index in [9.17, 15) is 9.59 Å². The summed E-state index contributed by atoms with van der Waals surface area (Å²) in [6.45, 7) is 2.59. The number of piperazine rings is 1. The van der Waals surface area contributed by atoms with E-state index >= 15 is 0 Å². The SMILES string of the molecule is COc1ccccc1N1CCN(C(=O)c2ccccc2NC(=O)c2ccccc2Br)CC1. The molecule has 7 heteroatoms. The first-order chi connectivity index (χ1) is 15.6. The molecule has 1 aliphatic heterocycles. The minimum Gasteiger partial charge on any atom is -0.495 e. The van der Waals surface area contributed by atoms with Crippen LogP contribution in [0.5, 0.6) is 5.75 Å². The highest BCUT2D eigenvalue weighted by atomic mass is 79.9. The molecule has 3 aromatic rings. The van der Waals surface area contributed by atoms with E-state index < -0.39 is 0 Å². The molecule has 6 nitrogen and oxygen atoms in total. The molecule has 0 unspecified atom stereocenters. The molecule has 1 N–H and O–H groups in total. The number of nitrogens with zero attached hydrogens (tertiary/aromatic N) is 2. The number of halogens is 1. The van der Waals surface area contributed by atoms with Crippen molar-refractivity contribution in [1.82, 2.24) is 4.90 Å². The van der Waals surface area contributed by atoms with Crippen molar-refractivity contribution in [2.24, 2.45) is 0 Å². The van der Waals surface area contributed by atoms with Gasteiger partial charge in [-0.1, -0.05) is 36.4 Å². The zero-order valence-corrected chi connectivity index (χ0v) is 19.3. The largest absolute Gasteiger partial charge is 0.495 e. The number of ether oxygens (including phenoxy) is 1. The number of hydrogen-bond acceptors (Lipinski definition) is 4. The van der Waals surface area contributed by atoms with Gasteiger partial charge in [-0.2, -0.15) is 0 Å². The fraction of sp³-hybridized carbons (Fsp3) is 0.200. The zero-order chi connectivity index (χ0) is 22.5. The minimum absolute atomic E-state index is 0.0901. The van der Waals surface area contributed by atoms with Gasteiger partial charge in [-0.05, 0) is 52.3 Å². The van der Waals surface area contributed by atoms with Gasteiger partial charge >= 0.3 is 0 Å². The monoisotopic (exact) mass is 493 g/mol. The molecule has 4 rings (SSSR count). The predicted molar refractivity (Wildman–Crippen MR) is 130 cm³/mol. The molecule has 3 aromatic carbocycles. The Kier molecular flexibility index (Phi) is 6.75. The summed E-state index contributed by atoms with van der Waals surface area (Å²) in [7, 11) is 1.66. The first kappa shape index (κ1) is 21.9. The Bertz CT molecular complexity index is 1130. The smallest absolute Gasteiger partial charge is 0.256 e. The highest BCUT2D eigenvalue weighted by Gasteiger charge is 2.25. The number of anilines is 2. The van der Waals surface area contributed by atoms with Crippen molar-refractivity contribution in [1.29, 1.82) is 0 Å². The molecule has 0 atom stereocenters. The van der Waals surface area contributed by atoms with Crippen LogP contribution < -0.4 is 15.0 Å². The molecule has 0 radical (unpaired) electrons. The molecule has 0 saturated carbocycles. The van der Waals surface area contributed by atoms with Crippen molar-refractivity contribution in [2.75, 3.05) is 43.5 Å². The van der Waals surface area contributed by atoms with Gasteiger partial charge in [0.25, 0.3) is 11.8 Å². The standard InChI is InChI=1S/C25H24BrN3O3/c1-32-23-13-7-6-12-22(23)28-14-16-29(17-15-28)25(31)19-9-3-5-11-21(19)27-24(30)18-8-2-4-10-20(18)26/h2-13H,14-17H2,1H3,(H,27,30).